The second kappa shape index (κ2) is 7.11. The maximum Gasteiger partial charge on any atom is 0.293 e. The lowest BCUT2D eigenvalue weighted by Crippen LogP contribution is -2.27. The molecule has 122 valence electrons. The Morgan fingerprint density at radius 2 is 1.92 bits per heavy atom. The van der Waals surface area contributed by atoms with Crippen LogP contribution in [-0.2, 0) is 11.3 Å². The summed E-state index contributed by atoms with van der Waals surface area (Å²) in [6.07, 6.45) is 1.70. The molecule has 2 aromatic carbocycles. The monoisotopic (exact) mass is 359 g/mol. The Kier molecular flexibility index (Phi) is 4.92. The minimum absolute atomic E-state index is 0.233. The number of thioether (sulfide) groups is 1. The minimum Gasteiger partial charge on any atom is -0.497 e. The Balaban J connectivity index is 1.80. The molecule has 4 nitrogen and oxygen atoms in total. The summed E-state index contributed by atoms with van der Waals surface area (Å²) in [5.41, 5.74) is 1.66. The summed E-state index contributed by atoms with van der Waals surface area (Å²) < 4.78 is 5.17. The highest BCUT2D eigenvalue weighted by Crippen LogP contribution is 2.33. The summed E-state index contributed by atoms with van der Waals surface area (Å²) in [7, 11) is 1.58. The van der Waals surface area contributed by atoms with Gasteiger partial charge in [0.15, 0.2) is 0 Å². The molecule has 1 aliphatic heterocycles. The fraction of sp³-hybridized carbons (Fsp3) is 0.111. The van der Waals surface area contributed by atoms with Crippen molar-refractivity contribution in [2.24, 2.45) is 0 Å². The van der Waals surface area contributed by atoms with Crippen LogP contribution in [0.5, 0.6) is 5.75 Å². The van der Waals surface area contributed by atoms with Crippen molar-refractivity contribution in [1.82, 2.24) is 4.90 Å². The molecule has 2 aromatic rings. The van der Waals surface area contributed by atoms with Gasteiger partial charge in [0, 0.05) is 5.02 Å². The molecule has 0 radical (unpaired) electrons. The highest BCUT2D eigenvalue weighted by atomic mass is 35.5. The number of hydrogen-bond donors (Lipinski definition) is 0. The predicted molar refractivity (Wildman–Crippen MR) is 96.0 cm³/mol. The lowest BCUT2D eigenvalue weighted by molar-refractivity contribution is -0.123. The van der Waals surface area contributed by atoms with Crippen LogP contribution < -0.4 is 4.74 Å². The van der Waals surface area contributed by atoms with E-state index < -0.39 is 0 Å². The molecule has 2 amide bonds. The van der Waals surface area contributed by atoms with E-state index in [9.17, 15) is 9.59 Å². The summed E-state index contributed by atoms with van der Waals surface area (Å²) >= 11 is 6.80. The van der Waals surface area contributed by atoms with Gasteiger partial charge in [-0.2, -0.15) is 0 Å². The molecule has 0 spiro atoms. The van der Waals surface area contributed by atoms with Crippen molar-refractivity contribution in [2.45, 2.75) is 6.54 Å². The van der Waals surface area contributed by atoms with Gasteiger partial charge in [0.05, 0.1) is 18.6 Å². The van der Waals surface area contributed by atoms with E-state index in [1.165, 1.54) is 4.90 Å². The van der Waals surface area contributed by atoms with Gasteiger partial charge in [-0.3, -0.25) is 14.5 Å². The molecule has 1 aliphatic rings. The number of ether oxygens (including phenoxy) is 1. The summed E-state index contributed by atoms with van der Waals surface area (Å²) in [5, 5.41) is 0.343. The molecule has 24 heavy (non-hydrogen) atoms. The average molecular weight is 360 g/mol. The summed E-state index contributed by atoms with van der Waals surface area (Å²) in [5.74, 6) is 0.409. The van der Waals surface area contributed by atoms with Gasteiger partial charge >= 0.3 is 0 Å². The van der Waals surface area contributed by atoms with Crippen LogP contribution in [0.25, 0.3) is 6.08 Å². The standard InChI is InChI=1S/C18H14ClNO3S/c1-23-15-4-2-3-13(9-15)10-16-17(21)20(18(22)24-16)11-12-5-7-14(19)8-6-12/h2-10H,11H2,1H3/b16-10+. The largest absolute Gasteiger partial charge is 0.497 e. The maximum atomic E-state index is 12.5. The summed E-state index contributed by atoms with van der Waals surface area (Å²) in [6.45, 7) is 0.233. The molecule has 1 saturated heterocycles. The number of benzene rings is 2. The van der Waals surface area contributed by atoms with Crippen molar-refractivity contribution in [2.75, 3.05) is 7.11 Å². The summed E-state index contributed by atoms with van der Waals surface area (Å²) in [6, 6.07) is 14.4. The number of nitrogens with zero attached hydrogens (tertiary/aromatic N) is 1. The first kappa shape index (κ1) is 16.6. The number of imide groups is 1. The van der Waals surface area contributed by atoms with Crippen molar-refractivity contribution in [1.29, 1.82) is 0 Å². The molecular formula is C18H14ClNO3S. The number of amides is 2. The molecule has 0 unspecified atom stereocenters. The zero-order valence-corrected chi connectivity index (χ0v) is 14.4. The Hall–Kier alpha value is -2.24. The van der Waals surface area contributed by atoms with E-state index in [1.807, 2.05) is 24.3 Å². The molecule has 1 heterocycles. The molecule has 3 rings (SSSR count). The van der Waals surface area contributed by atoms with Crippen LogP contribution in [0.1, 0.15) is 11.1 Å². The van der Waals surface area contributed by atoms with E-state index in [4.69, 9.17) is 16.3 Å². The fourth-order valence-electron chi connectivity index (χ4n) is 2.29. The Bertz CT molecular complexity index is 817. The van der Waals surface area contributed by atoms with Crippen molar-refractivity contribution in [3.8, 4) is 5.75 Å². The first-order valence-electron chi connectivity index (χ1n) is 7.20. The van der Waals surface area contributed by atoms with Crippen molar-refractivity contribution in [3.05, 3.63) is 69.6 Å². The highest BCUT2D eigenvalue weighted by Gasteiger charge is 2.34. The molecular weight excluding hydrogens is 346 g/mol. The van der Waals surface area contributed by atoms with Crippen LogP contribution in [-0.4, -0.2) is 23.2 Å². The lowest BCUT2D eigenvalue weighted by atomic mass is 10.2. The Labute approximate surface area is 149 Å². The molecule has 6 heteroatoms. The van der Waals surface area contributed by atoms with Crippen LogP contribution in [0.4, 0.5) is 4.79 Å². The average Bonchev–Trinajstić information content (AvgIpc) is 2.84. The van der Waals surface area contributed by atoms with E-state index in [2.05, 4.69) is 0 Å². The molecule has 0 atom stereocenters. The van der Waals surface area contributed by atoms with Crippen LogP contribution in [0.15, 0.2) is 53.4 Å². The quantitative estimate of drug-likeness (QED) is 0.749. The number of methoxy groups -OCH3 is 1. The Morgan fingerprint density at radius 3 is 2.62 bits per heavy atom. The van der Waals surface area contributed by atoms with Gasteiger partial charge in [-0.25, -0.2) is 0 Å². The van der Waals surface area contributed by atoms with Crippen molar-refractivity contribution in [3.63, 3.8) is 0 Å². The normalized spacial score (nSPS) is 16.1. The zero-order chi connectivity index (χ0) is 17.1. The lowest BCUT2D eigenvalue weighted by Gasteiger charge is -2.12. The third kappa shape index (κ3) is 3.63. The van der Waals surface area contributed by atoms with Crippen LogP contribution >= 0.6 is 23.4 Å². The first-order chi connectivity index (χ1) is 11.6. The van der Waals surface area contributed by atoms with Gasteiger partial charge in [-0.05, 0) is 53.2 Å². The van der Waals surface area contributed by atoms with Gasteiger partial charge in [-0.15, -0.1) is 0 Å². The van der Waals surface area contributed by atoms with E-state index in [1.54, 1.807) is 37.5 Å². The molecule has 0 saturated carbocycles. The molecule has 1 fully saturated rings. The minimum atomic E-state index is -0.289. The van der Waals surface area contributed by atoms with Gasteiger partial charge in [0.25, 0.3) is 11.1 Å². The summed E-state index contributed by atoms with van der Waals surface area (Å²) in [4.78, 5) is 26.3. The molecule has 0 N–H and O–H groups in total. The van der Waals surface area contributed by atoms with Gasteiger partial charge in [-0.1, -0.05) is 35.9 Å². The van der Waals surface area contributed by atoms with Gasteiger partial charge < -0.3 is 4.74 Å². The third-order valence-corrected chi connectivity index (χ3v) is 4.68. The maximum absolute atomic E-state index is 12.5. The fourth-order valence-corrected chi connectivity index (χ4v) is 3.26. The van der Waals surface area contributed by atoms with Gasteiger partial charge in [0.2, 0.25) is 0 Å². The Morgan fingerprint density at radius 1 is 1.17 bits per heavy atom. The van der Waals surface area contributed by atoms with Crippen LogP contribution in [0.3, 0.4) is 0 Å². The van der Waals surface area contributed by atoms with E-state index in [0.717, 1.165) is 22.9 Å². The number of rotatable bonds is 4. The smallest absolute Gasteiger partial charge is 0.293 e. The van der Waals surface area contributed by atoms with Crippen LogP contribution in [0.2, 0.25) is 5.02 Å². The highest BCUT2D eigenvalue weighted by molar-refractivity contribution is 8.18. The van der Waals surface area contributed by atoms with E-state index >= 15 is 0 Å². The number of halogens is 1. The molecule has 0 aromatic heterocycles. The molecule has 0 bridgehead atoms. The van der Waals surface area contributed by atoms with E-state index in [-0.39, 0.29) is 17.7 Å². The van der Waals surface area contributed by atoms with Crippen molar-refractivity contribution < 1.29 is 14.3 Å². The SMILES string of the molecule is COc1cccc(/C=C2/SC(=O)N(Cc3ccc(Cl)cc3)C2=O)c1. The zero-order valence-electron chi connectivity index (χ0n) is 12.9. The van der Waals surface area contributed by atoms with Gasteiger partial charge in [0.1, 0.15) is 5.75 Å². The van der Waals surface area contributed by atoms with E-state index in [0.29, 0.717) is 15.7 Å². The topological polar surface area (TPSA) is 46.6 Å². The first-order valence-corrected chi connectivity index (χ1v) is 8.40. The van der Waals surface area contributed by atoms with Crippen molar-refractivity contribution >= 4 is 40.6 Å². The third-order valence-electron chi connectivity index (χ3n) is 3.52. The predicted octanol–water partition coefficient (Wildman–Crippen LogP) is 4.59. The second-order valence-electron chi connectivity index (χ2n) is 5.17. The second-order valence-corrected chi connectivity index (χ2v) is 6.60. The van der Waals surface area contributed by atoms with Crippen LogP contribution in [0, 0.1) is 0 Å². The number of carbonyl (C=O) groups excluding carboxylic acids is 2. The number of carbonyl (C=O) groups is 2. The molecule has 0 aliphatic carbocycles. The number of hydrogen-bond acceptors (Lipinski definition) is 4.